The van der Waals surface area contributed by atoms with Gasteiger partial charge in [0.05, 0.1) is 18.9 Å². The maximum atomic E-state index is 12.0. The Labute approximate surface area is 106 Å². The lowest BCUT2D eigenvalue weighted by Crippen LogP contribution is -2.52. The Bertz CT molecular complexity index is 363. The monoisotopic (exact) mass is 257 g/mol. The first kappa shape index (κ1) is 14.5. The van der Waals surface area contributed by atoms with Crippen LogP contribution in [0.3, 0.4) is 0 Å². The highest BCUT2D eigenvalue weighted by atomic mass is 16.5. The maximum Gasteiger partial charge on any atom is 0.330 e. The largest absolute Gasteiger partial charge is 0.481 e. The molecular weight excluding hydrogens is 238 g/mol. The number of carboxylic acids is 1. The first-order valence-electron chi connectivity index (χ1n) is 5.93. The Morgan fingerprint density at radius 3 is 2.28 bits per heavy atom. The third kappa shape index (κ3) is 3.00. The lowest BCUT2D eigenvalue weighted by molar-refractivity contribution is -0.151. The van der Waals surface area contributed by atoms with E-state index in [0.717, 1.165) is 0 Å². The number of carbonyl (C=O) groups excluding carboxylic acids is 2. The van der Waals surface area contributed by atoms with E-state index in [0.29, 0.717) is 19.3 Å². The van der Waals surface area contributed by atoms with Gasteiger partial charge >= 0.3 is 11.9 Å². The zero-order valence-corrected chi connectivity index (χ0v) is 10.9. The van der Waals surface area contributed by atoms with E-state index >= 15 is 0 Å². The lowest BCUT2D eigenvalue weighted by Gasteiger charge is -2.26. The summed E-state index contributed by atoms with van der Waals surface area (Å²) in [6.07, 6.45) is 1.76. The fourth-order valence-electron chi connectivity index (χ4n) is 2.28. The highest BCUT2D eigenvalue weighted by molar-refractivity contribution is 5.90. The number of carbonyl (C=O) groups is 3. The molecule has 1 aliphatic carbocycles. The molecule has 6 nitrogen and oxygen atoms in total. The van der Waals surface area contributed by atoms with E-state index < -0.39 is 35.2 Å². The van der Waals surface area contributed by atoms with Gasteiger partial charge in [0.15, 0.2) is 0 Å². The van der Waals surface area contributed by atoms with Crippen molar-refractivity contribution >= 4 is 17.8 Å². The van der Waals surface area contributed by atoms with E-state index in [4.69, 9.17) is 5.11 Å². The van der Waals surface area contributed by atoms with Gasteiger partial charge in [0.25, 0.3) is 0 Å². The van der Waals surface area contributed by atoms with Crippen LogP contribution in [-0.4, -0.2) is 35.6 Å². The van der Waals surface area contributed by atoms with Crippen LogP contribution in [-0.2, 0) is 19.1 Å². The molecule has 1 rings (SSSR count). The van der Waals surface area contributed by atoms with Crippen LogP contribution in [0.4, 0.5) is 0 Å². The summed E-state index contributed by atoms with van der Waals surface area (Å²) in [5.41, 5.74) is -1.14. The molecule has 2 atom stereocenters. The van der Waals surface area contributed by atoms with Crippen molar-refractivity contribution in [2.45, 2.75) is 38.6 Å². The molecule has 1 amide bonds. The number of amides is 1. The third-order valence-corrected chi connectivity index (χ3v) is 3.30. The van der Waals surface area contributed by atoms with Crippen molar-refractivity contribution in [3.63, 3.8) is 0 Å². The summed E-state index contributed by atoms with van der Waals surface area (Å²) >= 11 is 0. The van der Waals surface area contributed by atoms with Gasteiger partial charge < -0.3 is 15.2 Å². The zero-order valence-electron chi connectivity index (χ0n) is 10.9. The van der Waals surface area contributed by atoms with Crippen molar-refractivity contribution in [1.29, 1.82) is 0 Å². The number of hydrogen-bond donors (Lipinski definition) is 2. The number of rotatable bonds is 4. The van der Waals surface area contributed by atoms with Gasteiger partial charge in [-0.3, -0.25) is 9.59 Å². The molecule has 0 aromatic heterocycles. The van der Waals surface area contributed by atoms with E-state index in [1.54, 1.807) is 0 Å². The first-order valence-corrected chi connectivity index (χ1v) is 5.93. The highest BCUT2D eigenvalue weighted by Crippen LogP contribution is 2.32. The van der Waals surface area contributed by atoms with Crippen LogP contribution in [0.2, 0.25) is 0 Å². The van der Waals surface area contributed by atoms with Crippen molar-refractivity contribution in [2.24, 2.45) is 11.8 Å². The smallest absolute Gasteiger partial charge is 0.330 e. The van der Waals surface area contributed by atoms with Gasteiger partial charge in [0, 0.05) is 0 Å². The van der Waals surface area contributed by atoms with Gasteiger partial charge in [-0.1, -0.05) is 6.42 Å². The second kappa shape index (κ2) is 5.37. The second-order valence-corrected chi connectivity index (χ2v) is 5.09. The van der Waals surface area contributed by atoms with Gasteiger partial charge in [-0.15, -0.1) is 0 Å². The molecule has 1 aliphatic rings. The zero-order chi connectivity index (χ0) is 13.9. The van der Waals surface area contributed by atoms with E-state index in [-0.39, 0.29) is 0 Å². The number of esters is 1. The van der Waals surface area contributed by atoms with E-state index in [2.05, 4.69) is 10.1 Å². The molecule has 0 aromatic carbocycles. The average molecular weight is 257 g/mol. The maximum absolute atomic E-state index is 12.0. The van der Waals surface area contributed by atoms with Gasteiger partial charge in [-0.25, -0.2) is 4.79 Å². The van der Waals surface area contributed by atoms with Crippen molar-refractivity contribution in [2.75, 3.05) is 7.11 Å². The molecule has 2 N–H and O–H groups in total. The number of ether oxygens (including phenoxy) is 1. The molecule has 0 aliphatic heterocycles. The fourth-order valence-corrected chi connectivity index (χ4v) is 2.28. The van der Waals surface area contributed by atoms with Crippen LogP contribution in [0.1, 0.15) is 33.1 Å². The predicted molar refractivity (Wildman–Crippen MR) is 62.7 cm³/mol. The average Bonchev–Trinajstić information content (AvgIpc) is 2.76. The minimum atomic E-state index is -1.14. The molecule has 0 spiro atoms. The summed E-state index contributed by atoms with van der Waals surface area (Å²) in [5.74, 6) is -3.12. The molecule has 102 valence electrons. The summed E-state index contributed by atoms with van der Waals surface area (Å²) < 4.78 is 4.58. The van der Waals surface area contributed by atoms with Crippen LogP contribution >= 0.6 is 0 Å². The lowest BCUT2D eigenvalue weighted by atomic mass is 9.94. The van der Waals surface area contributed by atoms with Crippen molar-refractivity contribution < 1.29 is 24.2 Å². The summed E-state index contributed by atoms with van der Waals surface area (Å²) in [5, 5.41) is 11.6. The molecule has 0 radical (unpaired) electrons. The van der Waals surface area contributed by atoms with Crippen molar-refractivity contribution in [3.8, 4) is 0 Å². The predicted octanol–water partition coefficient (Wildman–Crippen LogP) is 0.555. The van der Waals surface area contributed by atoms with E-state index in [9.17, 15) is 14.4 Å². The minimum absolute atomic E-state index is 0.393. The molecule has 0 bridgehead atoms. The summed E-state index contributed by atoms with van der Waals surface area (Å²) in [4.78, 5) is 34.5. The molecule has 0 unspecified atom stereocenters. The number of carboxylic acid groups (broad SMARTS) is 1. The van der Waals surface area contributed by atoms with E-state index in [1.165, 1.54) is 21.0 Å². The van der Waals surface area contributed by atoms with Crippen LogP contribution < -0.4 is 5.32 Å². The van der Waals surface area contributed by atoms with E-state index in [1.807, 2.05) is 0 Å². The summed E-state index contributed by atoms with van der Waals surface area (Å²) in [7, 11) is 1.24. The highest BCUT2D eigenvalue weighted by Gasteiger charge is 2.40. The molecule has 18 heavy (non-hydrogen) atoms. The Hall–Kier alpha value is -1.59. The number of methoxy groups -OCH3 is 1. The number of nitrogens with one attached hydrogen (secondary N) is 1. The first-order chi connectivity index (χ1) is 8.29. The van der Waals surface area contributed by atoms with Gasteiger partial charge in [-0.05, 0) is 26.7 Å². The number of aliphatic carboxylic acids is 1. The Kier molecular flexibility index (Phi) is 4.32. The van der Waals surface area contributed by atoms with Gasteiger partial charge in [-0.2, -0.15) is 0 Å². The molecule has 0 saturated heterocycles. The SMILES string of the molecule is COC(=O)C(C)(C)NC(=O)[C@@H]1CCC[C@@H]1C(=O)O. The third-order valence-electron chi connectivity index (χ3n) is 3.30. The Balaban J connectivity index is 2.71. The molecular formula is C12H19NO5. The standard InChI is InChI=1S/C12H19NO5/c1-12(2,11(17)18-3)13-9(14)7-5-4-6-8(7)10(15)16/h7-8H,4-6H2,1-3H3,(H,13,14)(H,15,16)/t7-,8+/m1/s1. The summed E-state index contributed by atoms with van der Waals surface area (Å²) in [6, 6.07) is 0. The van der Waals surface area contributed by atoms with Crippen LogP contribution in [0, 0.1) is 11.8 Å². The van der Waals surface area contributed by atoms with Crippen LogP contribution in [0.5, 0.6) is 0 Å². The Morgan fingerprint density at radius 1 is 1.22 bits per heavy atom. The second-order valence-electron chi connectivity index (χ2n) is 5.09. The quantitative estimate of drug-likeness (QED) is 0.718. The molecule has 1 fully saturated rings. The fraction of sp³-hybridized carbons (Fsp3) is 0.750. The normalized spacial score (nSPS) is 23.5. The molecule has 0 aromatic rings. The Morgan fingerprint density at radius 2 is 1.78 bits per heavy atom. The van der Waals surface area contributed by atoms with Crippen LogP contribution in [0.25, 0.3) is 0 Å². The van der Waals surface area contributed by atoms with Crippen LogP contribution in [0.15, 0.2) is 0 Å². The summed E-state index contributed by atoms with van der Waals surface area (Å²) in [6.45, 7) is 3.06. The number of hydrogen-bond acceptors (Lipinski definition) is 4. The molecule has 1 saturated carbocycles. The molecule has 6 heteroatoms. The molecule has 0 heterocycles. The van der Waals surface area contributed by atoms with Gasteiger partial charge in [0.2, 0.25) is 5.91 Å². The van der Waals surface area contributed by atoms with Gasteiger partial charge in [0.1, 0.15) is 5.54 Å². The van der Waals surface area contributed by atoms with Crippen molar-refractivity contribution in [3.05, 3.63) is 0 Å². The minimum Gasteiger partial charge on any atom is -0.481 e. The van der Waals surface area contributed by atoms with Crippen molar-refractivity contribution in [1.82, 2.24) is 5.32 Å². The topological polar surface area (TPSA) is 92.7 Å².